The molecule has 0 aliphatic carbocycles. The highest BCUT2D eigenvalue weighted by atomic mass is 16.3. The van der Waals surface area contributed by atoms with Crippen LogP contribution in [-0.2, 0) is 13.6 Å². The summed E-state index contributed by atoms with van der Waals surface area (Å²) in [5, 5.41) is 9.56. The Morgan fingerprint density at radius 3 is 2.84 bits per heavy atom. The van der Waals surface area contributed by atoms with Gasteiger partial charge < -0.3 is 9.67 Å². The van der Waals surface area contributed by atoms with Gasteiger partial charge >= 0.3 is 0 Å². The summed E-state index contributed by atoms with van der Waals surface area (Å²) < 4.78 is 2.09. The normalized spacial score (nSPS) is 23.7. The Labute approximate surface area is 115 Å². The summed E-state index contributed by atoms with van der Waals surface area (Å²) in [5.41, 5.74) is 0. The molecule has 1 aliphatic rings. The lowest BCUT2D eigenvalue weighted by molar-refractivity contribution is 0.0326. The first-order chi connectivity index (χ1) is 9.10. The molecular weight excluding hydrogens is 240 g/mol. The van der Waals surface area contributed by atoms with Crippen molar-refractivity contribution in [2.24, 2.45) is 7.05 Å². The topological polar surface area (TPSA) is 44.5 Å². The van der Waals surface area contributed by atoms with Crippen LogP contribution in [0.3, 0.4) is 0 Å². The second-order valence-corrected chi connectivity index (χ2v) is 5.60. The molecule has 2 heterocycles. The standard InChI is InChI=1S/C14H26N4O/c1-4-13-10-17(7-8-18(13)9-12(2)19)11-14-15-5-6-16(14)3/h5-6,12-13,19H,4,7-11H2,1-3H3/t12-,13+/m1/s1. The van der Waals surface area contributed by atoms with Crippen LogP contribution in [0.25, 0.3) is 0 Å². The van der Waals surface area contributed by atoms with E-state index in [1.54, 1.807) is 0 Å². The Bertz CT molecular complexity index is 391. The van der Waals surface area contributed by atoms with Gasteiger partial charge in [-0.3, -0.25) is 9.80 Å². The number of aromatic nitrogens is 2. The molecule has 0 spiro atoms. The molecule has 0 saturated carbocycles. The van der Waals surface area contributed by atoms with Crippen molar-refractivity contribution in [2.75, 3.05) is 26.2 Å². The molecule has 5 heteroatoms. The van der Waals surface area contributed by atoms with Crippen LogP contribution in [0.1, 0.15) is 26.1 Å². The third kappa shape index (κ3) is 3.78. The molecule has 108 valence electrons. The first-order valence-electron chi connectivity index (χ1n) is 7.20. The van der Waals surface area contributed by atoms with Crippen molar-refractivity contribution in [3.05, 3.63) is 18.2 Å². The first-order valence-corrected chi connectivity index (χ1v) is 7.20. The Kier molecular flexibility index (Phi) is 4.96. The Morgan fingerprint density at radius 2 is 2.26 bits per heavy atom. The van der Waals surface area contributed by atoms with E-state index in [0.717, 1.165) is 45.0 Å². The maximum Gasteiger partial charge on any atom is 0.122 e. The fourth-order valence-corrected chi connectivity index (χ4v) is 2.82. The van der Waals surface area contributed by atoms with Crippen LogP contribution in [-0.4, -0.2) is 62.8 Å². The van der Waals surface area contributed by atoms with Gasteiger partial charge in [0.05, 0.1) is 12.6 Å². The van der Waals surface area contributed by atoms with Crippen molar-refractivity contribution < 1.29 is 5.11 Å². The molecule has 0 bridgehead atoms. The number of β-amino-alcohol motifs (C(OH)–C–C–N with tert-alkyl or cyclic N) is 1. The number of aliphatic hydroxyl groups is 1. The van der Waals surface area contributed by atoms with E-state index in [4.69, 9.17) is 0 Å². The average molecular weight is 266 g/mol. The van der Waals surface area contributed by atoms with E-state index in [2.05, 4.69) is 26.3 Å². The maximum atomic E-state index is 9.56. The van der Waals surface area contributed by atoms with Crippen LogP contribution in [0.2, 0.25) is 0 Å². The van der Waals surface area contributed by atoms with E-state index in [-0.39, 0.29) is 6.10 Å². The summed E-state index contributed by atoms with van der Waals surface area (Å²) >= 11 is 0. The van der Waals surface area contributed by atoms with Gasteiger partial charge in [-0.1, -0.05) is 6.92 Å². The number of nitrogens with zero attached hydrogens (tertiary/aromatic N) is 4. The van der Waals surface area contributed by atoms with Gasteiger partial charge in [-0.15, -0.1) is 0 Å². The minimum Gasteiger partial charge on any atom is -0.392 e. The van der Waals surface area contributed by atoms with Crippen LogP contribution in [0, 0.1) is 0 Å². The molecule has 1 aliphatic heterocycles. The van der Waals surface area contributed by atoms with Gasteiger partial charge in [-0.25, -0.2) is 4.98 Å². The third-order valence-corrected chi connectivity index (χ3v) is 3.94. The van der Waals surface area contributed by atoms with E-state index >= 15 is 0 Å². The Balaban J connectivity index is 1.91. The zero-order valence-electron chi connectivity index (χ0n) is 12.3. The summed E-state index contributed by atoms with van der Waals surface area (Å²) in [5.74, 6) is 1.12. The number of imidazole rings is 1. The van der Waals surface area contributed by atoms with Crippen molar-refractivity contribution in [3.63, 3.8) is 0 Å². The monoisotopic (exact) mass is 266 g/mol. The zero-order chi connectivity index (χ0) is 13.8. The predicted octanol–water partition coefficient (Wildman–Crippen LogP) is 0.697. The fourth-order valence-electron chi connectivity index (χ4n) is 2.82. The molecule has 1 N–H and O–H groups in total. The number of hydrogen-bond acceptors (Lipinski definition) is 4. The maximum absolute atomic E-state index is 9.56. The summed E-state index contributed by atoms with van der Waals surface area (Å²) in [6.45, 7) is 8.95. The molecule has 2 rings (SSSR count). The van der Waals surface area contributed by atoms with Gasteiger partial charge in [0.15, 0.2) is 0 Å². The number of piperazine rings is 1. The van der Waals surface area contributed by atoms with Crippen molar-refractivity contribution in [3.8, 4) is 0 Å². The van der Waals surface area contributed by atoms with Crippen LogP contribution in [0.15, 0.2) is 12.4 Å². The largest absolute Gasteiger partial charge is 0.392 e. The smallest absolute Gasteiger partial charge is 0.122 e. The fraction of sp³-hybridized carbons (Fsp3) is 0.786. The van der Waals surface area contributed by atoms with Gasteiger partial charge in [0.1, 0.15) is 5.82 Å². The Hall–Kier alpha value is -0.910. The molecular formula is C14H26N4O. The lowest BCUT2D eigenvalue weighted by atomic mass is 10.1. The molecule has 0 aromatic carbocycles. The molecule has 1 aromatic heterocycles. The lowest BCUT2D eigenvalue weighted by Crippen LogP contribution is -2.54. The van der Waals surface area contributed by atoms with E-state index in [0.29, 0.717) is 6.04 Å². The second kappa shape index (κ2) is 6.50. The van der Waals surface area contributed by atoms with E-state index in [1.165, 1.54) is 0 Å². The summed E-state index contributed by atoms with van der Waals surface area (Å²) in [7, 11) is 2.04. The van der Waals surface area contributed by atoms with Gasteiger partial charge in [0.25, 0.3) is 0 Å². The molecule has 2 atom stereocenters. The molecule has 19 heavy (non-hydrogen) atoms. The quantitative estimate of drug-likeness (QED) is 0.852. The lowest BCUT2D eigenvalue weighted by Gasteiger charge is -2.41. The molecule has 5 nitrogen and oxygen atoms in total. The zero-order valence-corrected chi connectivity index (χ0v) is 12.3. The highest BCUT2D eigenvalue weighted by molar-refractivity contribution is 4.93. The van der Waals surface area contributed by atoms with Crippen LogP contribution in [0.5, 0.6) is 0 Å². The molecule has 1 aromatic rings. The predicted molar refractivity (Wildman–Crippen MR) is 75.8 cm³/mol. The van der Waals surface area contributed by atoms with Crippen molar-refractivity contribution >= 4 is 0 Å². The van der Waals surface area contributed by atoms with Gasteiger partial charge in [-0.05, 0) is 13.3 Å². The minimum absolute atomic E-state index is 0.241. The molecule has 1 saturated heterocycles. The number of aliphatic hydroxyl groups excluding tert-OH is 1. The highest BCUT2D eigenvalue weighted by Gasteiger charge is 2.26. The van der Waals surface area contributed by atoms with E-state index < -0.39 is 0 Å². The SMILES string of the molecule is CC[C@H]1CN(Cc2nccn2C)CCN1C[C@@H](C)O. The van der Waals surface area contributed by atoms with Crippen molar-refractivity contribution in [1.29, 1.82) is 0 Å². The van der Waals surface area contributed by atoms with E-state index in [1.807, 2.05) is 26.4 Å². The van der Waals surface area contributed by atoms with Gasteiger partial charge in [0.2, 0.25) is 0 Å². The summed E-state index contributed by atoms with van der Waals surface area (Å²) in [4.78, 5) is 9.28. The third-order valence-electron chi connectivity index (χ3n) is 3.94. The Morgan fingerprint density at radius 1 is 1.47 bits per heavy atom. The number of aryl methyl sites for hydroxylation is 1. The average Bonchev–Trinajstić information content (AvgIpc) is 2.76. The van der Waals surface area contributed by atoms with Crippen molar-refractivity contribution in [1.82, 2.24) is 19.4 Å². The molecule has 1 fully saturated rings. The minimum atomic E-state index is -0.241. The highest BCUT2D eigenvalue weighted by Crippen LogP contribution is 2.15. The number of rotatable bonds is 5. The van der Waals surface area contributed by atoms with Crippen LogP contribution < -0.4 is 0 Å². The molecule has 0 amide bonds. The van der Waals surface area contributed by atoms with Gasteiger partial charge in [0, 0.05) is 51.7 Å². The summed E-state index contributed by atoms with van der Waals surface area (Å²) in [6, 6.07) is 0.545. The van der Waals surface area contributed by atoms with Gasteiger partial charge in [-0.2, -0.15) is 0 Å². The summed E-state index contributed by atoms with van der Waals surface area (Å²) in [6.07, 6.45) is 4.74. The number of hydrogen-bond donors (Lipinski definition) is 1. The van der Waals surface area contributed by atoms with Crippen LogP contribution >= 0.6 is 0 Å². The molecule has 0 unspecified atom stereocenters. The van der Waals surface area contributed by atoms with Crippen molar-refractivity contribution in [2.45, 2.75) is 39.0 Å². The van der Waals surface area contributed by atoms with E-state index in [9.17, 15) is 5.11 Å². The molecule has 0 radical (unpaired) electrons. The second-order valence-electron chi connectivity index (χ2n) is 5.60. The van der Waals surface area contributed by atoms with Crippen LogP contribution in [0.4, 0.5) is 0 Å². The first kappa shape index (κ1) is 14.5.